The van der Waals surface area contributed by atoms with Crippen LogP contribution in [-0.2, 0) is 9.59 Å². The minimum absolute atomic E-state index is 0.0938. The highest BCUT2D eigenvalue weighted by Crippen LogP contribution is 2.37. The fourth-order valence-electron chi connectivity index (χ4n) is 3.50. The minimum Gasteiger partial charge on any atom is -0.342 e. The molecule has 1 saturated carbocycles. The van der Waals surface area contributed by atoms with Crippen molar-refractivity contribution in [3.05, 3.63) is 0 Å². The molecule has 0 aromatic heterocycles. The van der Waals surface area contributed by atoms with Crippen molar-refractivity contribution in [2.75, 3.05) is 18.6 Å². The van der Waals surface area contributed by atoms with Crippen LogP contribution in [0.3, 0.4) is 0 Å². The third-order valence-electron chi connectivity index (χ3n) is 4.59. The van der Waals surface area contributed by atoms with Crippen molar-refractivity contribution in [2.24, 2.45) is 0 Å². The number of nitrogens with zero attached hydrogens (tertiary/aromatic N) is 1. The highest BCUT2D eigenvalue weighted by atomic mass is 32.2. The lowest BCUT2D eigenvalue weighted by Crippen LogP contribution is -2.71. The monoisotopic (exact) mass is 298 g/mol. The molecule has 1 spiro atoms. The Morgan fingerprint density at radius 3 is 2.60 bits per heavy atom. The molecule has 1 N–H and O–H groups in total. The fourth-order valence-corrected chi connectivity index (χ4v) is 3.87. The number of rotatable bonds is 5. The Morgan fingerprint density at radius 1 is 1.30 bits per heavy atom. The molecular formula is C15H26N2O2S. The zero-order chi connectivity index (χ0) is 14.6. The zero-order valence-corrected chi connectivity index (χ0v) is 13.4. The molecule has 2 fully saturated rings. The molecule has 2 aliphatic rings. The van der Waals surface area contributed by atoms with Crippen LogP contribution in [-0.4, -0.2) is 46.8 Å². The van der Waals surface area contributed by atoms with Gasteiger partial charge in [-0.1, -0.05) is 32.6 Å². The number of carbonyl (C=O) groups excluding carboxylic acids is 2. The van der Waals surface area contributed by atoms with Crippen molar-refractivity contribution in [1.82, 2.24) is 10.2 Å². The van der Waals surface area contributed by atoms with E-state index < -0.39 is 5.54 Å². The van der Waals surface area contributed by atoms with Gasteiger partial charge in [0.1, 0.15) is 11.6 Å². The lowest BCUT2D eigenvalue weighted by atomic mass is 9.77. The lowest BCUT2D eigenvalue weighted by Gasteiger charge is -2.50. The summed E-state index contributed by atoms with van der Waals surface area (Å²) in [4.78, 5) is 27.3. The van der Waals surface area contributed by atoms with Gasteiger partial charge in [0.15, 0.2) is 0 Å². The Labute approximate surface area is 126 Å². The van der Waals surface area contributed by atoms with E-state index in [1.807, 2.05) is 11.2 Å². The van der Waals surface area contributed by atoms with Crippen LogP contribution in [0.15, 0.2) is 0 Å². The van der Waals surface area contributed by atoms with Crippen molar-refractivity contribution in [3.63, 3.8) is 0 Å². The topological polar surface area (TPSA) is 49.4 Å². The van der Waals surface area contributed by atoms with Crippen molar-refractivity contribution >= 4 is 23.6 Å². The van der Waals surface area contributed by atoms with Crippen LogP contribution >= 0.6 is 11.8 Å². The maximum absolute atomic E-state index is 12.7. The number of hydrogen-bond acceptors (Lipinski definition) is 3. The van der Waals surface area contributed by atoms with Crippen molar-refractivity contribution < 1.29 is 9.59 Å². The Hall–Kier alpha value is -0.710. The fraction of sp³-hybridized carbons (Fsp3) is 0.867. The molecule has 20 heavy (non-hydrogen) atoms. The quantitative estimate of drug-likeness (QED) is 0.846. The molecule has 2 rings (SSSR count). The highest BCUT2D eigenvalue weighted by Gasteiger charge is 2.51. The summed E-state index contributed by atoms with van der Waals surface area (Å²) < 4.78 is 0. The predicted molar refractivity (Wildman–Crippen MR) is 82.7 cm³/mol. The van der Waals surface area contributed by atoms with Crippen LogP contribution in [0.2, 0.25) is 0 Å². The number of hydrogen-bond donors (Lipinski definition) is 1. The Morgan fingerprint density at radius 2 is 2.00 bits per heavy atom. The van der Waals surface area contributed by atoms with Crippen molar-refractivity contribution in [1.29, 1.82) is 0 Å². The normalized spacial score (nSPS) is 25.9. The molecule has 1 heterocycles. The summed E-state index contributed by atoms with van der Waals surface area (Å²) in [7, 11) is 0. The molecule has 4 nitrogen and oxygen atoms in total. The Kier molecular flexibility index (Phi) is 5.35. The van der Waals surface area contributed by atoms with Gasteiger partial charge in [0.2, 0.25) is 11.8 Å². The van der Waals surface area contributed by atoms with Gasteiger partial charge < -0.3 is 10.2 Å². The van der Waals surface area contributed by atoms with E-state index in [9.17, 15) is 9.59 Å². The first-order valence-corrected chi connectivity index (χ1v) is 9.16. The second-order valence-electron chi connectivity index (χ2n) is 5.89. The summed E-state index contributed by atoms with van der Waals surface area (Å²) in [5.41, 5.74) is -0.546. The Balaban J connectivity index is 2.23. The first-order chi connectivity index (χ1) is 9.65. The third kappa shape index (κ3) is 2.83. The number of nitrogens with one attached hydrogen (secondary N) is 1. The SMILES string of the molecule is CCCC1NC(=O)C2(CCCCC2)N(CCSC)C1=O. The second kappa shape index (κ2) is 6.83. The van der Waals surface area contributed by atoms with E-state index in [-0.39, 0.29) is 17.9 Å². The maximum atomic E-state index is 12.7. The summed E-state index contributed by atoms with van der Waals surface area (Å²) in [5, 5.41) is 3.00. The smallest absolute Gasteiger partial charge is 0.246 e. The number of thioether (sulfide) groups is 1. The number of piperazine rings is 1. The zero-order valence-electron chi connectivity index (χ0n) is 12.6. The molecule has 1 unspecified atom stereocenters. The average Bonchev–Trinajstić information content (AvgIpc) is 2.46. The molecule has 1 aliphatic heterocycles. The molecule has 0 aromatic carbocycles. The van der Waals surface area contributed by atoms with E-state index in [2.05, 4.69) is 12.2 Å². The minimum atomic E-state index is -0.546. The lowest BCUT2D eigenvalue weighted by molar-refractivity contribution is -0.159. The molecule has 0 bridgehead atoms. The molecule has 114 valence electrons. The van der Waals surface area contributed by atoms with E-state index in [1.165, 1.54) is 6.42 Å². The molecule has 5 heteroatoms. The van der Waals surface area contributed by atoms with Crippen LogP contribution in [0, 0.1) is 0 Å². The van der Waals surface area contributed by atoms with Crippen LogP contribution < -0.4 is 5.32 Å². The third-order valence-corrected chi connectivity index (χ3v) is 5.18. The second-order valence-corrected chi connectivity index (χ2v) is 6.88. The van der Waals surface area contributed by atoms with Crippen LogP contribution in [0.25, 0.3) is 0 Å². The van der Waals surface area contributed by atoms with Gasteiger partial charge in [0.05, 0.1) is 0 Å². The van der Waals surface area contributed by atoms with E-state index in [0.29, 0.717) is 6.54 Å². The number of carbonyl (C=O) groups is 2. The summed E-state index contributed by atoms with van der Waals surface area (Å²) in [6, 6.07) is -0.304. The summed E-state index contributed by atoms with van der Waals surface area (Å²) >= 11 is 1.73. The van der Waals surface area contributed by atoms with Crippen LogP contribution in [0.5, 0.6) is 0 Å². The Bertz CT molecular complexity index is 367. The standard InChI is InChI=1S/C15H26N2O2S/c1-3-7-12-13(18)17(10-11-20-2)15(14(19)16-12)8-5-4-6-9-15/h12H,3-11H2,1-2H3,(H,16,19). The van der Waals surface area contributed by atoms with E-state index in [0.717, 1.165) is 44.3 Å². The molecule has 1 saturated heterocycles. The number of amides is 2. The molecule has 2 amide bonds. The highest BCUT2D eigenvalue weighted by molar-refractivity contribution is 7.98. The van der Waals surface area contributed by atoms with Gasteiger partial charge >= 0.3 is 0 Å². The molecule has 1 atom stereocenters. The van der Waals surface area contributed by atoms with Gasteiger partial charge in [0, 0.05) is 12.3 Å². The van der Waals surface area contributed by atoms with Gasteiger partial charge in [0.25, 0.3) is 0 Å². The summed E-state index contributed by atoms with van der Waals surface area (Å²) in [5.74, 6) is 1.14. The summed E-state index contributed by atoms with van der Waals surface area (Å²) in [6.07, 6.45) is 8.65. The largest absolute Gasteiger partial charge is 0.342 e. The van der Waals surface area contributed by atoms with Gasteiger partial charge in [-0.3, -0.25) is 9.59 Å². The maximum Gasteiger partial charge on any atom is 0.246 e. The average molecular weight is 298 g/mol. The van der Waals surface area contributed by atoms with Gasteiger partial charge in [-0.25, -0.2) is 0 Å². The molecule has 0 aromatic rings. The van der Waals surface area contributed by atoms with Gasteiger partial charge in [-0.05, 0) is 25.5 Å². The first kappa shape index (κ1) is 15.7. The van der Waals surface area contributed by atoms with E-state index >= 15 is 0 Å². The van der Waals surface area contributed by atoms with Crippen molar-refractivity contribution in [2.45, 2.75) is 63.5 Å². The van der Waals surface area contributed by atoms with Gasteiger partial charge in [-0.2, -0.15) is 11.8 Å². The van der Waals surface area contributed by atoms with Crippen LogP contribution in [0.1, 0.15) is 51.9 Å². The predicted octanol–water partition coefficient (Wildman–Crippen LogP) is 2.18. The molecule has 0 radical (unpaired) electrons. The van der Waals surface area contributed by atoms with E-state index in [4.69, 9.17) is 0 Å². The first-order valence-electron chi connectivity index (χ1n) is 7.77. The molecule has 1 aliphatic carbocycles. The van der Waals surface area contributed by atoms with Crippen LogP contribution in [0.4, 0.5) is 0 Å². The molecular weight excluding hydrogens is 272 g/mol. The van der Waals surface area contributed by atoms with E-state index in [1.54, 1.807) is 11.8 Å². The van der Waals surface area contributed by atoms with Crippen molar-refractivity contribution in [3.8, 4) is 0 Å². The summed E-state index contributed by atoms with van der Waals surface area (Å²) in [6.45, 7) is 2.75. The van der Waals surface area contributed by atoms with Gasteiger partial charge in [-0.15, -0.1) is 0 Å².